The number of aromatic hydroxyl groups is 1. The fourth-order valence-electron chi connectivity index (χ4n) is 2.15. The summed E-state index contributed by atoms with van der Waals surface area (Å²) in [6.45, 7) is 0.331. The molecule has 4 N–H and O–H groups in total. The van der Waals surface area contributed by atoms with Crippen LogP contribution >= 0.6 is 0 Å². The third-order valence-corrected chi connectivity index (χ3v) is 3.20. The Morgan fingerprint density at radius 3 is 2.71 bits per heavy atom. The second-order valence-electron chi connectivity index (χ2n) is 5.03. The van der Waals surface area contributed by atoms with Gasteiger partial charge in [-0.2, -0.15) is 4.98 Å². The van der Waals surface area contributed by atoms with Gasteiger partial charge >= 0.3 is 0 Å². The lowest BCUT2D eigenvalue weighted by Gasteiger charge is -2.11. The van der Waals surface area contributed by atoms with Crippen LogP contribution in [0.2, 0.25) is 0 Å². The second kappa shape index (κ2) is 7.38. The fraction of sp³-hybridized carbons (Fsp3) is 0.118. The highest BCUT2D eigenvalue weighted by Crippen LogP contribution is 2.24. The van der Waals surface area contributed by atoms with E-state index in [9.17, 15) is 5.11 Å². The molecule has 2 heterocycles. The van der Waals surface area contributed by atoms with Crippen molar-refractivity contribution in [2.24, 2.45) is 0 Å². The van der Waals surface area contributed by atoms with Gasteiger partial charge in [0.2, 0.25) is 5.95 Å². The van der Waals surface area contributed by atoms with Crippen LogP contribution < -0.4 is 10.6 Å². The standard InChI is InChI=1S/C17H17N5O2/c23-8-7-19-17-21-15(12-3-2-6-18-11-12)10-16(22-17)20-13-4-1-5-14(24)9-13/h1-6,9-11,23-24H,7-8H2,(H2,19,20,21,22). The number of aliphatic hydroxyl groups is 1. The highest BCUT2D eigenvalue weighted by molar-refractivity contribution is 5.67. The van der Waals surface area contributed by atoms with Crippen molar-refractivity contribution in [3.05, 3.63) is 54.9 Å². The van der Waals surface area contributed by atoms with E-state index in [2.05, 4.69) is 25.6 Å². The van der Waals surface area contributed by atoms with Crippen LogP contribution in [0.3, 0.4) is 0 Å². The van der Waals surface area contributed by atoms with E-state index in [1.54, 1.807) is 36.7 Å². The van der Waals surface area contributed by atoms with Gasteiger partial charge in [-0.05, 0) is 24.3 Å². The average molecular weight is 323 g/mol. The molecule has 1 aromatic carbocycles. The van der Waals surface area contributed by atoms with Gasteiger partial charge in [-0.25, -0.2) is 4.98 Å². The summed E-state index contributed by atoms with van der Waals surface area (Å²) in [7, 11) is 0. The average Bonchev–Trinajstić information content (AvgIpc) is 2.60. The topological polar surface area (TPSA) is 103 Å². The molecule has 0 radical (unpaired) electrons. The lowest BCUT2D eigenvalue weighted by molar-refractivity contribution is 0.311. The summed E-state index contributed by atoms with van der Waals surface area (Å²) >= 11 is 0. The molecule has 0 atom stereocenters. The number of rotatable bonds is 6. The number of hydrogen-bond acceptors (Lipinski definition) is 7. The maximum absolute atomic E-state index is 9.57. The smallest absolute Gasteiger partial charge is 0.225 e. The SMILES string of the molecule is OCCNc1nc(Nc2cccc(O)c2)cc(-c2cccnc2)n1. The molecule has 0 saturated heterocycles. The zero-order valence-corrected chi connectivity index (χ0v) is 12.8. The van der Waals surface area contributed by atoms with Gasteiger partial charge in [0.25, 0.3) is 0 Å². The van der Waals surface area contributed by atoms with Gasteiger partial charge in [-0.1, -0.05) is 6.07 Å². The molecule has 0 saturated carbocycles. The Bertz CT molecular complexity index is 811. The first-order valence-electron chi connectivity index (χ1n) is 7.45. The number of aliphatic hydroxyl groups excluding tert-OH is 1. The number of aromatic nitrogens is 3. The number of phenols is 1. The Labute approximate surface area is 139 Å². The van der Waals surface area contributed by atoms with Crippen LogP contribution in [0.25, 0.3) is 11.3 Å². The molecule has 2 aromatic heterocycles. The molecule has 0 fully saturated rings. The van der Waals surface area contributed by atoms with Gasteiger partial charge in [0.05, 0.1) is 12.3 Å². The first-order chi connectivity index (χ1) is 11.7. The van der Waals surface area contributed by atoms with E-state index in [1.165, 1.54) is 0 Å². The number of pyridine rings is 1. The minimum Gasteiger partial charge on any atom is -0.508 e. The van der Waals surface area contributed by atoms with E-state index in [0.29, 0.717) is 29.7 Å². The Morgan fingerprint density at radius 1 is 1.04 bits per heavy atom. The van der Waals surface area contributed by atoms with E-state index in [0.717, 1.165) is 5.56 Å². The number of hydrogen-bond donors (Lipinski definition) is 4. The molecular weight excluding hydrogens is 306 g/mol. The molecule has 0 aliphatic carbocycles. The molecule has 0 spiro atoms. The highest BCUT2D eigenvalue weighted by atomic mass is 16.3. The Balaban J connectivity index is 1.95. The van der Waals surface area contributed by atoms with Crippen LogP contribution in [0.15, 0.2) is 54.9 Å². The summed E-state index contributed by atoms with van der Waals surface area (Å²) in [5.41, 5.74) is 2.26. The second-order valence-corrected chi connectivity index (χ2v) is 5.03. The molecule has 3 rings (SSSR count). The summed E-state index contributed by atoms with van der Waals surface area (Å²) in [5.74, 6) is 1.13. The van der Waals surface area contributed by atoms with Gasteiger partial charge in [-0.3, -0.25) is 4.98 Å². The van der Waals surface area contributed by atoms with Crippen molar-refractivity contribution >= 4 is 17.5 Å². The van der Waals surface area contributed by atoms with E-state index >= 15 is 0 Å². The third-order valence-electron chi connectivity index (χ3n) is 3.20. The number of anilines is 3. The molecule has 7 heteroatoms. The fourth-order valence-corrected chi connectivity index (χ4v) is 2.15. The Hall–Kier alpha value is -3.19. The van der Waals surface area contributed by atoms with E-state index in [1.807, 2.05) is 18.2 Å². The molecule has 0 unspecified atom stereocenters. The van der Waals surface area contributed by atoms with Crippen LogP contribution in [0.5, 0.6) is 5.75 Å². The molecule has 0 amide bonds. The third kappa shape index (κ3) is 3.96. The predicted octanol–water partition coefficient (Wildman–Crippen LogP) is 2.39. The van der Waals surface area contributed by atoms with Gasteiger partial charge in [0.15, 0.2) is 0 Å². The minimum absolute atomic E-state index is 0.0181. The maximum atomic E-state index is 9.57. The van der Waals surface area contributed by atoms with Crippen molar-refractivity contribution < 1.29 is 10.2 Å². The lowest BCUT2D eigenvalue weighted by atomic mass is 10.2. The molecule has 0 aliphatic rings. The monoisotopic (exact) mass is 323 g/mol. The zero-order chi connectivity index (χ0) is 16.8. The van der Waals surface area contributed by atoms with Crippen molar-refractivity contribution in [3.8, 4) is 17.0 Å². The predicted molar refractivity (Wildman–Crippen MR) is 92.2 cm³/mol. The van der Waals surface area contributed by atoms with Crippen molar-refractivity contribution in [1.29, 1.82) is 0 Å². The molecule has 0 bridgehead atoms. The van der Waals surface area contributed by atoms with Crippen molar-refractivity contribution in [3.63, 3.8) is 0 Å². The first-order valence-corrected chi connectivity index (χ1v) is 7.45. The molecule has 7 nitrogen and oxygen atoms in total. The summed E-state index contributed by atoms with van der Waals surface area (Å²) in [6.07, 6.45) is 3.41. The summed E-state index contributed by atoms with van der Waals surface area (Å²) < 4.78 is 0. The van der Waals surface area contributed by atoms with Gasteiger partial charge < -0.3 is 20.8 Å². The summed E-state index contributed by atoms with van der Waals surface area (Å²) in [5, 5.41) is 24.6. The highest BCUT2D eigenvalue weighted by Gasteiger charge is 2.07. The molecule has 3 aromatic rings. The maximum Gasteiger partial charge on any atom is 0.225 e. The number of phenolic OH excluding ortho intramolecular Hbond substituents is 1. The Morgan fingerprint density at radius 2 is 1.96 bits per heavy atom. The van der Waals surface area contributed by atoms with E-state index in [4.69, 9.17) is 5.11 Å². The molecule has 24 heavy (non-hydrogen) atoms. The van der Waals surface area contributed by atoms with E-state index in [-0.39, 0.29) is 12.4 Å². The lowest BCUT2D eigenvalue weighted by Crippen LogP contribution is -2.10. The van der Waals surface area contributed by atoms with Crippen LogP contribution in [-0.4, -0.2) is 38.3 Å². The summed E-state index contributed by atoms with van der Waals surface area (Å²) in [6, 6.07) is 12.3. The van der Waals surface area contributed by atoms with Crippen molar-refractivity contribution in [1.82, 2.24) is 15.0 Å². The summed E-state index contributed by atoms with van der Waals surface area (Å²) in [4.78, 5) is 12.9. The van der Waals surface area contributed by atoms with Crippen LogP contribution in [0, 0.1) is 0 Å². The zero-order valence-electron chi connectivity index (χ0n) is 12.8. The largest absolute Gasteiger partial charge is 0.508 e. The normalized spacial score (nSPS) is 10.4. The van der Waals surface area contributed by atoms with Gasteiger partial charge in [-0.15, -0.1) is 0 Å². The van der Waals surface area contributed by atoms with Crippen molar-refractivity contribution in [2.45, 2.75) is 0 Å². The van der Waals surface area contributed by atoms with Crippen LogP contribution in [-0.2, 0) is 0 Å². The van der Waals surface area contributed by atoms with Crippen molar-refractivity contribution in [2.75, 3.05) is 23.8 Å². The molecular formula is C17H17N5O2. The number of benzene rings is 1. The van der Waals surface area contributed by atoms with Gasteiger partial charge in [0, 0.05) is 42.3 Å². The first kappa shape index (κ1) is 15.7. The van der Waals surface area contributed by atoms with Crippen LogP contribution in [0.1, 0.15) is 0 Å². The van der Waals surface area contributed by atoms with Gasteiger partial charge in [0.1, 0.15) is 11.6 Å². The minimum atomic E-state index is -0.0181. The number of nitrogens with zero attached hydrogens (tertiary/aromatic N) is 3. The molecule has 0 aliphatic heterocycles. The Kier molecular flexibility index (Phi) is 4.83. The number of nitrogens with one attached hydrogen (secondary N) is 2. The van der Waals surface area contributed by atoms with Crippen LogP contribution in [0.4, 0.5) is 17.5 Å². The van der Waals surface area contributed by atoms with E-state index < -0.39 is 0 Å². The quantitative estimate of drug-likeness (QED) is 0.552. The molecule has 122 valence electrons.